The summed E-state index contributed by atoms with van der Waals surface area (Å²) in [5.74, 6) is 0. The summed E-state index contributed by atoms with van der Waals surface area (Å²) in [6, 6.07) is 0. The first-order valence-electron chi connectivity index (χ1n) is 3.90. The van der Waals surface area contributed by atoms with E-state index < -0.39 is 13.8 Å². The molecule has 0 N–H and O–H groups in total. The standard InChI is InChI=1S/C7H13ClO2S/c1-7(11(8,9)10)5-3-2-4-6-7/h2-6H2,1H3. The van der Waals surface area contributed by atoms with Crippen molar-refractivity contribution < 1.29 is 8.42 Å². The molecule has 0 spiro atoms. The molecule has 4 heteroatoms. The van der Waals surface area contributed by atoms with Crippen LogP contribution in [-0.4, -0.2) is 13.2 Å². The van der Waals surface area contributed by atoms with Gasteiger partial charge < -0.3 is 0 Å². The molecule has 0 unspecified atom stereocenters. The molecule has 0 aromatic carbocycles. The SMILES string of the molecule is CC1(S(=O)(=O)Cl)CCCCC1. The minimum atomic E-state index is -3.35. The largest absolute Gasteiger partial charge is 0.238 e. The zero-order valence-corrected chi connectivity index (χ0v) is 8.21. The van der Waals surface area contributed by atoms with E-state index in [-0.39, 0.29) is 0 Å². The van der Waals surface area contributed by atoms with Gasteiger partial charge in [0.1, 0.15) is 0 Å². The molecule has 2 nitrogen and oxygen atoms in total. The first kappa shape index (κ1) is 9.33. The number of hydrogen-bond acceptors (Lipinski definition) is 2. The molecule has 0 amide bonds. The van der Waals surface area contributed by atoms with E-state index in [1.807, 2.05) is 0 Å². The highest BCUT2D eigenvalue weighted by atomic mass is 35.7. The first-order chi connectivity index (χ1) is 4.96. The molecule has 0 radical (unpaired) electrons. The smallest absolute Gasteiger partial charge is 0.212 e. The van der Waals surface area contributed by atoms with Crippen molar-refractivity contribution in [3.8, 4) is 0 Å². The van der Waals surface area contributed by atoms with Crippen molar-refractivity contribution in [2.45, 2.75) is 43.8 Å². The molecule has 0 aromatic rings. The number of hydrogen-bond donors (Lipinski definition) is 0. The molecule has 0 heterocycles. The van der Waals surface area contributed by atoms with Crippen LogP contribution in [0.4, 0.5) is 0 Å². The molecule has 66 valence electrons. The van der Waals surface area contributed by atoms with E-state index >= 15 is 0 Å². The maximum absolute atomic E-state index is 11.1. The Morgan fingerprint density at radius 1 is 1.18 bits per heavy atom. The molecule has 0 atom stereocenters. The minimum Gasteiger partial charge on any atom is -0.212 e. The van der Waals surface area contributed by atoms with E-state index in [0.29, 0.717) is 0 Å². The molecular weight excluding hydrogens is 184 g/mol. The average Bonchev–Trinajstić information content (AvgIpc) is 1.87. The van der Waals surface area contributed by atoms with Crippen LogP contribution in [0.2, 0.25) is 0 Å². The van der Waals surface area contributed by atoms with Crippen molar-refractivity contribution in [1.29, 1.82) is 0 Å². The fraction of sp³-hybridized carbons (Fsp3) is 1.00. The summed E-state index contributed by atoms with van der Waals surface area (Å²) in [5.41, 5.74) is 0. The molecule has 0 aromatic heterocycles. The molecule has 1 fully saturated rings. The summed E-state index contributed by atoms with van der Waals surface area (Å²) in [6.07, 6.45) is 4.56. The molecule has 1 aliphatic carbocycles. The molecule has 0 bridgehead atoms. The van der Waals surface area contributed by atoms with Crippen LogP contribution in [0, 0.1) is 0 Å². The van der Waals surface area contributed by atoms with Crippen LogP contribution in [0.25, 0.3) is 0 Å². The second-order valence-corrected chi connectivity index (χ2v) is 6.53. The quantitative estimate of drug-likeness (QED) is 0.603. The number of rotatable bonds is 1. The van der Waals surface area contributed by atoms with Gasteiger partial charge in [-0.05, 0) is 19.8 Å². The third-order valence-corrected chi connectivity index (χ3v) is 5.20. The summed E-state index contributed by atoms with van der Waals surface area (Å²) in [6.45, 7) is 1.74. The monoisotopic (exact) mass is 196 g/mol. The lowest BCUT2D eigenvalue weighted by atomic mass is 9.90. The van der Waals surface area contributed by atoms with Gasteiger partial charge in [-0.3, -0.25) is 0 Å². The Morgan fingerprint density at radius 3 is 1.91 bits per heavy atom. The van der Waals surface area contributed by atoms with E-state index in [4.69, 9.17) is 10.7 Å². The van der Waals surface area contributed by atoms with E-state index in [1.165, 1.54) is 0 Å². The van der Waals surface area contributed by atoms with E-state index in [1.54, 1.807) is 6.92 Å². The zero-order valence-electron chi connectivity index (χ0n) is 6.64. The molecule has 1 rings (SSSR count). The summed E-state index contributed by atoms with van der Waals surface area (Å²) in [7, 11) is 1.97. The molecule has 11 heavy (non-hydrogen) atoms. The highest BCUT2D eigenvalue weighted by molar-refractivity contribution is 8.14. The Hall–Kier alpha value is 0.240. The van der Waals surface area contributed by atoms with E-state index in [9.17, 15) is 8.42 Å². The van der Waals surface area contributed by atoms with Gasteiger partial charge in [-0.1, -0.05) is 19.3 Å². The third-order valence-electron chi connectivity index (χ3n) is 2.50. The summed E-state index contributed by atoms with van der Waals surface area (Å²) >= 11 is 0. The van der Waals surface area contributed by atoms with Crippen molar-refractivity contribution in [2.75, 3.05) is 0 Å². The first-order valence-corrected chi connectivity index (χ1v) is 6.21. The normalized spacial score (nSPS) is 24.9. The van der Waals surface area contributed by atoms with Crippen LogP contribution < -0.4 is 0 Å². The fourth-order valence-corrected chi connectivity index (χ4v) is 2.78. The van der Waals surface area contributed by atoms with Crippen molar-refractivity contribution in [3.05, 3.63) is 0 Å². The second-order valence-electron chi connectivity index (χ2n) is 3.45. The van der Waals surface area contributed by atoms with Crippen LogP contribution in [0.5, 0.6) is 0 Å². The summed E-state index contributed by atoms with van der Waals surface area (Å²) in [5, 5.41) is 0. The summed E-state index contributed by atoms with van der Waals surface area (Å²) in [4.78, 5) is 0. The lowest BCUT2D eigenvalue weighted by Crippen LogP contribution is -2.33. The third kappa shape index (κ3) is 1.88. The van der Waals surface area contributed by atoms with Gasteiger partial charge in [-0.25, -0.2) is 8.42 Å². The highest BCUT2D eigenvalue weighted by Crippen LogP contribution is 2.36. The lowest BCUT2D eigenvalue weighted by molar-refractivity contribution is 0.400. The van der Waals surface area contributed by atoms with Gasteiger partial charge in [-0.15, -0.1) is 0 Å². The van der Waals surface area contributed by atoms with Gasteiger partial charge in [0.2, 0.25) is 9.05 Å². The molecular formula is C7H13ClO2S. The van der Waals surface area contributed by atoms with Crippen LogP contribution >= 0.6 is 10.7 Å². The topological polar surface area (TPSA) is 34.1 Å². The predicted octanol–water partition coefficient (Wildman–Crippen LogP) is 2.28. The van der Waals surface area contributed by atoms with Crippen LogP contribution in [0.1, 0.15) is 39.0 Å². The van der Waals surface area contributed by atoms with Crippen molar-refractivity contribution in [1.82, 2.24) is 0 Å². The maximum atomic E-state index is 11.1. The van der Waals surface area contributed by atoms with Crippen LogP contribution in [0.15, 0.2) is 0 Å². The molecule has 0 aliphatic heterocycles. The zero-order chi connectivity index (χ0) is 8.54. The minimum absolute atomic E-state index is 0.646. The van der Waals surface area contributed by atoms with Gasteiger partial charge in [0.15, 0.2) is 0 Å². The van der Waals surface area contributed by atoms with Crippen molar-refractivity contribution in [2.24, 2.45) is 0 Å². The molecule has 1 aliphatic rings. The van der Waals surface area contributed by atoms with Gasteiger partial charge in [0.05, 0.1) is 4.75 Å². The van der Waals surface area contributed by atoms with Gasteiger partial charge in [-0.2, -0.15) is 0 Å². The Morgan fingerprint density at radius 2 is 1.64 bits per heavy atom. The van der Waals surface area contributed by atoms with E-state index in [0.717, 1.165) is 32.1 Å². The predicted molar refractivity (Wildman–Crippen MR) is 46.3 cm³/mol. The lowest BCUT2D eigenvalue weighted by Gasteiger charge is -2.29. The Kier molecular flexibility index (Phi) is 2.49. The van der Waals surface area contributed by atoms with E-state index in [2.05, 4.69) is 0 Å². The van der Waals surface area contributed by atoms with Crippen LogP contribution in [-0.2, 0) is 9.05 Å². The maximum Gasteiger partial charge on any atom is 0.238 e. The van der Waals surface area contributed by atoms with Gasteiger partial charge >= 0.3 is 0 Å². The van der Waals surface area contributed by atoms with Crippen LogP contribution in [0.3, 0.4) is 0 Å². The number of halogens is 1. The Balaban J connectivity index is 2.81. The Labute approximate surface area is 72.4 Å². The van der Waals surface area contributed by atoms with Crippen molar-refractivity contribution >= 4 is 19.7 Å². The fourth-order valence-electron chi connectivity index (χ4n) is 1.54. The van der Waals surface area contributed by atoms with Gasteiger partial charge in [0, 0.05) is 10.7 Å². The Bertz CT molecular complexity index is 227. The second kappa shape index (κ2) is 2.94. The van der Waals surface area contributed by atoms with Gasteiger partial charge in [0.25, 0.3) is 0 Å². The molecule has 1 saturated carbocycles. The van der Waals surface area contributed by atoms with Crippen molar-refractivity contribution in [3.63, 3.8) is 0 Å². The highest BCUT2D eigenvalue weighted by Gasteiger charge is 2.38. The average molecular weight is 197 g/mol. The molecule has 0 saturated heterocycles. The summed E-state index contributed by atoms with van der Waals surface area (Å²) < 4.78 is 21.5.